The molecule has 0 unspecified atom stereocenters. The molecule has 2 aromatic heterocycles. The van der Waals surface area contributed by atoms with E-state index < -0.39 is 35.6 Å². The molecular formula is C25H23ClF3N3O3. The molecule has 0 saturated carbocycles. The van der Waals surface area contributed by atoms with Gasteiger partial charge < -0.3 is 14.4 Å². The van der Waals surface area contributed by atoms with Crippen LogP contribution in [0.15, 0.2) is 36.5 Å². The standard InChI is InChI=1S/C25H23ClF3N3O3/c1-14-19(17-7-5-15(10-30)6-8-17)20(23(34)35-24(2,3)4)21(25(27,28)29)32(14)12-16-9-18(13-33)22(26)31-11-16/h5-9,11,33H,12-13H2,1-4H3. The zero-order chi connectivity index (χ0) is 26.1. The molecule has 184 valence electrons. The van der Waals surface area contributed by atoms with Crippen molar-refractivity contribution in [3.8, 4) is 17.2 Å². The normalized spacial score (nSPS) is 11.9. The number of pyridine rings is 1. The first kappa shape index (κ1) is 26.3. The van der Waals surface area contributed by atoms with E-state index >= 15 is 0 Å². The maximum absolute atomic E-state index is 14.5. The van der Waals surface area contributed by atoms with Gasteiger partial charge in [0.05, 0.1) is 23.8 Å². The van der Waals surface area contributed by atoms with E-state index in [4.69, 9.17) is 21.6 Å². The first-order chi connectivity index (χ1) is 16.3. The van der Waals surface area contributed by atoms with Crippen molar-refractivity contribution in [2.45, 2.75) is 52.6 Å². The van der Waals surface area contributed by atoms with Gasteiger partial charge in [0, 0.05) is 29.6 Å². The number of aliphatic hydroxyl groups is 1. The molecule has 0 aliphatic rings. The summed E-state index contributed by atoms with van der Waals surface area (Å²) >= 11 is 5.93. The maximum atomic E-state index is 14.5. The van der Waals surface area contributed by atoms with Crippen LogP contribution in [0, 0.1) is 18.3 Å². The van der Waals surface area contributed by atoms with Crippen LogP contribution in [0.2, 0.25) is 5.15 Å². The Morgan fingerprint density at radius 1 is 1.23 bits per heavy atom. The summed E-state index contributed by atoms with van der Waals surface area (Å²) < 4.78 is 49.8. The molecule has 0 aliphatic carbocycles. The molecule has 3 rings (SSSR count). The number of aliphatic hydroxyl groups excluding tert-OH is 1. The summed E-state index contributed by atoms with van der Waals surface area (Å²) in [6.45, 7) is 5.46. The molecular weight excluding hydrogens is 483 g/mol. The van der Waals surface area contributed by atoms with Crippen LogP contribution in [0.1, 0.15) is 59.2 Å². The van der Waals surface area contributed by atoms with Gasteiger partial charge in [0.1, 0.15) is 16.4 Å². The molecule has 0 aliphatic heterocycles. The molecule has 0 radical (unpaired) electrons. The number of alkyl halides is 3. The Bertz CT molecular complexity index is 1300. The lowest BCUT2D eigenvalue weighted by atomic mass is 9.99. The Labute approximate surface area is 205 Å². The predicted octanol–water partition coefficient (Wildman–Crippen LogP) is 5.90. The Balaban J connectivity index is 2.32. The SMILES string of the molecule is Cc1c(-c2ccc(C#N)cc2)c(C(=O)OC(C)(C)C)c(C(F)(F)F)n1Cc1cnc(Cl)c(CO)c1. The van der Waals surface area contributed by atoms with Crippen molar-refractivity contribution in [1.29, 1.82) is 5.26 Å². The van der Waals surface area contributed by atoms with Gasteiger partial charge in [-0.25, -0.2) is 9.78 Å². The zero-order valence-corrected chi connectivity index (χ0v) is 20.3. The van der Waals surface area contributed by atoms with Gasteiger partial charge in [0.25, 0.3) is 0 Å². The highest BCUT2D eigenvalue weighted by Crippen LogP contribution is 2.42. The van der Waals surface area contributed by atoms with Crippen molar-refractivity contribution in [1.82, 2.24) is 9.55 Å². The molecule has 6 nitrogen and oxygen atoms in total. The van der Waals surface area contributed by atoms with E-state index in [2.05, 4.69) is 4.98 Å². The number of hydrogen-bond donors (Lipinski definition) is 1. The fraction of sp³-hybridized carbons (Fsp3) is 0.320. The summed E-state index contributed by atoms with van der Waals surface area (Å²) in [5.74, 6) is -1.11. The molecule has 1 aromatic carbocycles. The second kappa shape index (κ2) is 9.72. The predicted molar refractivity (Wildman–Crippen MR) is 124 cm³/mol. The summed E-state index contributed by atoms with van der Waals surface area (Å²) in [5, 5.41) is 18.6. The fourth-order valence-electron chi connectivity index (χ4n) is 3.74. The number of halogens is 4. The van der Waals surface area contributed by atoms with Crippen molar-refractivity contribution in [2.24, 2.45) is 0 Å². The van der Waals surface area contributed by atoms with Gasteiger partial charge in [-0.3, -0.25) is 0 Å². The van der Waals surface area contributed by atoms with Crippen molar-refractivity contribution in [3.05, 3.63) is 75.3 Å². The molecule has 0 saturated heterocycles. The quantitative estimate of drug-likeness (QED) is 0.344. The van der Waals surface area contributed by atoms with Gasteiger partial charge in [0.15, 0.2) is 0 Å². The minimum atomic E-state index is -4.90. The summed E-state index contributed by atoms with van der Waals surface area (Å²) in [4.78, 5) is 17.1. The summed E-state index contributed by atoms with van der Waals surface area (Å²) in [6, 6.07) is 9.34. The third-order valence-corrected chi connectivity index (χ3v) is 5.52. The Kier molecular flexibility index (Phi) is 7.29. The average molecular weight is 506 g/mol. The second-order valence-corrected chi connectivity index (χ2v) is 9.27. The molecule has 0 amide bonds. The van der Waals surface area contributed by atoms with E-state index in [1.165, 1.54) is 43.5 Å². The Morgan fingerprint density at radius 2 is 1.86 bits per heavy atom. The maximum Gasteiger partial charge on any atom is 0.432 e. The van der Waals surface area contributed by atoms with Gasteiger partial charge in [-0.05, 0) is 57.0 Å². The molecule has 2 heterocycles. The summed E-state index contributed by atoms with van der Waals surface area (Å²) in [6.07, 6.45) is -3.59. The largest absolute Gasteiger partial charge is 0.456 e. The summed E-state index contributed by atoms with van der Waals surface area (Å²) in [7, 11) is 0. The minimum absolute atomic E-state index is 0.0456. The van der Waals surface area contributed by atoms with E-state index in [1.807, 2.05) is 6.07 Å². The number of carbonyl (C=O) groups excluding carboxylic acids is 1. The third-order valence-electron chi connectivity index (χ3n) is 5.18. The van der Waals surface area contributed by atoms with E-state index in [1.54, 1.807) is 20.8 Å². The van der Waals surface area contributed by atoms with Crippen LogP contribution in [0.5, 0.6) is 0 Å². The zero-order valence-electron chi connectivity index (χ0n) is 19.5. The number of esters is 1. The first-order valence-corrected chi connectivity index (χ1v) is 10.9. The molecule has 1 N–H and O–H groups in total. The van der Waals surface area contributed by atoms with E-state index in [-0.39, 0.29) is 28.5 Å². The van der Waals surface area contributed by atoms with Gasteiger partial charge in [-0.1, -0.05) is 23.7 Å². The highest BCUT2D eigenvalue weighted by molar-refractivity contribution is 6.30. The van der Waals surface area contributed by atoms with Crippen molar-refractivity contribution < 1.29 is 27.8 Å². The number of carbonyl (C=O) groups is 1. The molecule has 0 bridgehead atoms. The Morgan fingerprint density at radius 3 is 2.37 bits per heavy atom. The van der Waals surface area contributed by atoms with Gasteiger partial charge >= 0.3 is 12.1 Å². The van der Waals surface area contributed by atoms with Crippen molar-refractivity contribution in [2.75, 3.05) is 0 Å². The number of rotatable bonds is 5. The Hall–Kier alpha value is -3.35. The molecule has 0 fully saturated rings. The number of aromatic nitrogens is 2. The van der Waals surface area contributed by atoms with Crippen molar-refractivity contribution >= 4 is 17.6 Å². The van der Waals surface area contributed by atoms with Crippen LogP contribution in [0.3, 0.4) is 0 Å². The van der Waals surface area contributed by atoms with Crippen LogP contribution in [-0.4, -0.2) is 26.2 Å². The second-order valence-electron chi connectivity index (χ2n) is 8.91. The lowest BCUT2D eigenvalue weighted by Crippen LogP contribution is -2.26. The van der Waals surface area contributed by atoms with Crippen LogP contribution in [0.25, 0.3) is 11.1 Å². The molecule has 3 aromatic rings. The molecule has 35 heavy (non-hydrogen) atoms. The average Bonchev–Trinajstić information content (AvgIpc) is 3.06. The van der Waals surface area contributed by atoms with Crippen LogP contribution >= 0.6 is 11.6 Å². The monoisotopic (exact) mass is 505 g/mol. The van der Waals surface area contributed by atoms with E-state index in [0.29, 0.717) is 16.7 Å². The topological polar surface area (TPSA) is 88.1 Å². The van der Waals surface area contributed by atoms with Gasteiger partial charge in [0.2, 0.25) is 0 Å². The fourth-order valence-corrected chi connectivity index (χ4v) is 3.91. The number of nitriles is 1. The number of benzene rings is 1. The van der Waals surface area contributed by atoms with E-state index in [0.717, 1.165) is 4.57 Å². The van der Waals surface area contributed by atoms with Gasteiger partial charge in [-0.15, -0.1) is 0 Å². The molecule has 10 heteroatoms. The van der Waals surface area contributed by atoms with Crippen molar-refractivity contribution in [3.63, 3.8) is 0 Å². The molecule has 0 spiro atoms. The number of hydrogen-bond acceptors (Lipinski definition) is 5. The third kappa shape index (κ3) is 5.66. The number of ether oxygens (including phenoxy) is 1. The highest BCUT2D eigenvalue weighted by atomic mass is 35.5. The van der Waals surface area contributed by atoms with Crippen LogP contribution in [0.4, 0.5) is 13.2 Å². The lowest BCUT2D eigenvalue weighted by molar-refractivity contribution is -0.144. The highest BCUT2D eigenvalue weighted by Gasteiger charge is 2.43. The summed E-state index contributed by atoms with van der Waals surface area (Å²) in [5.41, 5.74) is -1.31. The van der Waals surface area contributed by atoms with E-state index in [9.17, 15) is 23.1 Å². The minimum Gasteiger partial charge on any atom is -0.456 e. The smallest absolute Gasteiger partial charge is 0.432 e. The van der Waals surface area contributed by atoms with Crippen LogP contribution in [-0.2, 0) is 24.1 Å². The first-order valence-electron chi connectivity index (χ1n) is 10.5. The van der Waals surface area contributed by atoms with Crippen LogP contribution < -0.4 is 0 Å². The van der Waals surface area contributed by atoms with Gasteiger partial charge in [-0.2, -0.15) is 18.4 Å². The number of nitrogens with zero attached hydrogens (tertiary/aromatic N) is 3. The lowest BCUT2D eigenvalue weighted by Gasteiger charge is -2.21. The molecule has 0 atom stereocenters.